The van der Waals surface area contributed by atoms with Gasteiger partial charge in [-0.2, -0.15) is 0 Å². The SMILES string of the molecule is NC(=O)c1cc2c(Oc3ccc(NC(=O)C4(C(=O)Nc5ccc(F)cc5)CC4)cc3F)ccnc2cc1OCc1ccccc1. The summed E-state index contributed by atoms with van der Waals surface area (Å²) in [6, 6.07) is 23.0. The first-order chi connectivity index (χ1) is 21.7. The zero-order valence-electron chi connectivity index (χ0n) is 23.7. The highest BCUT2D eigenvalue weighted by Crippen LogP contribution is 2.47. The van der Waals surface area contributed by atoms with Gasteiger partial charge in [0.15, 0.2) is 11.6 Å². The summed E-state index contributed by atoms with van der Waals surface area (Å²) in [5, 5.41) is 5.63. The number of ether oxygens (including phenoxy) is 2. The number of primary amides is 1. The number of carbonyl (C=O) groups is 3. The van der Waals surface area contributed by atoms with Gasteiger partial charge < -0.3 is 25.8 Å². The van der Waals surface area contributed by atoms with Gasteiger partial charge in [0.1, 0.15) is 29.3 Å². The number of benzene rings is 4. The van der Waals surface area contributed by atoms with Crippen molar-refractivity contribution in [2.45, 2.75) is 19.4 Å². The molecule has 1 saturated carbocycles. The molecule has 3 amide bonds. The van der Waals surface area contributed by atoms with Gasteiger partial charge in [-0.15, -0.1) is 0 Å². The van der Waals surface area contributed by atoms with Crippen LogP contribution in [0.3, 0.4) is 0 Å². The summed E-state index contributed by atoms with van der Waals surface area (Å²) in [6.45, 7) is 0.205. The Morgan fingerprint density at radius 3 is 2.16 bits per heavy atom. The van der Waals surface area contributed by atoms with Crippen molar-refractivity contribution in [2.75, 3.05) is 10.6 Å². The Morgan fingerprint density at radius 1 is 0.800 bits per heavy atom. The Balaban J connectivity index is 1.17. The number of rotatable bonds is 10. The first-order valence-corrected chi connectivity index (χ1v) is 14.0. The molecule has 1 heterocycles. The summed E-state index contributed by atoms with van der Waals surface area (Å²) in [4.78, 5) is 42.5. The first kappa shape index (κ1) is 29.2. The smallest absolute Gasteiger partial charge is 0.252 e. The number of pyridine rings is 1. The van der Waals surface area contributed by atoms with Crippen LogP contribution in [0.2, 0.25) is 0 Å². The summed E-state index contributed by atoms with van der Waals surface area (Å²) in [6.07, 6.45) is 2.11. The first-order valence-electron chi connectivity index (χ1n) is 14.0. The van der Waals surface area contributed by atoms with E-state index in [-0.39, 0.29) is 35.1 Å². The third-order valence-corrected chi connectivity index (χ3v) is 7.44. The van der Waals surface area contributed by atoms with Crippen LogP contribution in [0.5, 0.6) is 17.2 Å². The van der Waals surface area contributed by atoms with E-state index in [2.05, 4.69) is 15.6 Å². The number of nitrogens with one attached hydrogen (secondary N) is 2. The minimum atomic E-state index is -1.31. The van der Waals surface area contributed by atoms with Gasteiger partial charge >= 0.3 is 0 Å². The standard InChI is InChI=1S/C34H26F2N4O5/c35-21-6-8-22(9-7-21)39-32(42)34(13-14-34)33(43)40-23-10-11-29(26(36)16-23)45-28-12-15-38-27-18-30(25(31(37)41)17-24(27)28)44-19-20-4-2-1-3-5-20/h1-12,15-18H,13-14,19H2,(H2,37,41)(H,39,42)(H,40,43). The molecule has 1 fully saturated rings. The Hall–Kier alpha value is -5.84. The van der Waals surface area contributed by atoms with E-state index in [1.54, 1.807) is 6.07 Å². The second-order valence-electron chi connectivity index (χ2n) is 10.6. The van der Waals surface area contributed by atoms with Gasteiger partial charge in [-0.1, -0.05) is 30.3 Å². The molecule has 11 heteroatoms. The van der Waals surface area contributed by atoms with E-state index in [1.165, 1.54) is 54.7 Å². The molecule has 0 unspecified atom stereocenters. The van der Waals surface area contributed by atoms with Crippen LogP contribution in [0.25, 0.3) is 10.9 Å². The van der Waals surface area contributed by atoms with Gasteiger partial charge in [0, 0.05) is 35.1 Å². The van der Waals surface area contributed by atoms with Gasteiger partial charge in [-0.25, -0.2) is 8.78 Å². The lowest BCUT2D eigenvalue weighted by Crippen LogP contribution is -2.35. The molecule has 1 aromatic heterocycles. The van der Waals surface area contributed by atoms with E-state index >= 15 is 4.39 Å². The molecule has 0 atom stereocenters. The monoisotopic (exact) mass is 608 g/mol. The maximum Gasteiger partial charge on any atom is 0.252 e. The lowest BCUT2D eigenvalue weighted by molar-refractivity contribution is -0.131. The summed E-state index contributed by atoms with van der Waals surface area (Å²) < 4.78 is 40.1. The van der Waals surface area contributed by atoms with Crippen LogP contribution in [-0.4, -0.2) is 22.7 Å². The summed E-state index contributed by atoms with van der Waals surface area (Å²) >= 11 is 0. The Morgan fingerprint density at radius 2 is 1.49 bits per heavy atom. The lowest BCUT2D eigenvalue weighted by Gasteiger charge is -2.16. The average molecular weight is 609 g/mol. The highest BCUT2D eigenvalue weighted by Gasteiger charge is 2.56. The minimum Gasteiger partial charge on any atom is -0.488 e. The number of carbonyl (C=O) groups excluding carboxylic acids is 3. The number of aromatic nitrogens is 1. The van der Waals surface area contributed by atoms with Crippen LogP contribution >= 0.6 is 0 Å². The van der Waals surface area contributed by atoms with Gasteiger partial charge in [-0.05, 0) is 66.9 Å². The molecule has 4 aromatic carbocycles. The molecule has 5 aromatic rings. The molecule has 1 aliphatic carbocycles. The van der Waals surface area contributed by atoms with Crippen LogP contribution in [0, 0.1) is 17.0 Å². The fraction of sp³-hybridized carbons (Fsp3) is 0.118. The normalized spacial score (nSPS) is 13.1. The number of anilines is 2. The third-order valence-electron chi connectivity index (χ3n) is 7.44. The fourth-order valence-corrected chi connectivity index (χ4v) is 4.78. The maximum absolute atomic E-state index is 15.2. The van der Waals surface area contributed by atoms with Crippen LogP contribution in [0.1, 0.15) is 28.8 Å². The van der Waals surface area contributed by atoms with Crippen molar-refractivity contribution < 1.29 is 32.6 Å². The van der Waals surface area contributed by atoms with E-state index in [0.29, 0.717) is 29.4 Å². The molecule has 45 heavy (non-hydrogen) atoms. The number of fused-ring (bicyclic) bond motifs is 1. The molecule has 4 N–H and O–H groups in total. The van der Waals surface area contributed by atoms with Crippen molar-refractivity contribution in [1.29, 1.82) is 0 Å². The Bertz CT molecular complexity index is 1930. The van der Waals surface area contributed by atoms with Crippen LogP contribution in [0.4, 0.5) is 20.2 Å². The number of amides is 3. The van der Waals surface area contributed by atoms with Gasteiger partial charge in [0.05, 0.1) is 11.1 Å². The molecule has 9 nitrogen and oxygen atoms in total. The average Bonchev–Trinajstić information content (AvgIpc) is 3.85. The highest BCUT2D eigenvalue weighted by atomic mass is 19.1. The topological polar surface area (TPSA) is 133 Å². The van der Waals surface area contributed by atoms with Crippen LogP contribution in [-0.2, 0) is 16.2 Å². The predicted octanol–water partition coefficient (Wildman–Crippen LogP) is 6.34. The maximum atomic E-state index is 15.2. The number of nitrogens with zero attached hydrogens (tertiary/aromatic N) is 1. The molecular formula is C34H26F2N4O5. The van der Waals surface area contributed by atoms with Crippen molar-refractivity contribution in [3.05, 3.63) is 120 Å². The highest BCUT2D eigenvalue weighted by molar-refractivity contribution is 6.17. The Kier molecular flexibility index (Phi) is 7.82. The van der Waals surface area contributed by atoms with E-state index < -0.39 is 34.8 Å². The molecule has 0 saturated heterocycles. The lowest BCUT2D eigenvalue weighted by atomic mass is 10.0. The molecular weight excluding hydrogens is 582 g/mol. The van der Waals surface area contributed by atoms with Crippen molar-refractivity contribution in [1.82, 2.24) is 4.98 Å². The molecule has 1 aliphatic rings. The number of nitrogens with two attached hydrogens (primary N) is 1. The van der Waals surface area contributed by atoms with Crippen molar-refractivity contribution in [3.8, 4) is 17.2 Å². The zero-order valence-corrected chi connectivity index (χ0v) is 23.7. The van der Waals surface area contributed by atoms with E-state index in [9.17, 15) is 18.8 Å². The summed E-state index contributed by atoms with van der Waals surface area (Å²) in [7, 11) is 0. The van der Waals surface area contributed by atoms with Crippen molar-refractivity contribution in [3.63, 3.8) is 0 Å². The fourth-order valence-electron chi connectivity index (χ4n) is 4.78. The van der Waals surface area contributed by atoms with Crippen molar-refractivity contribution >= 4 is 40.0 Å². The van der Waals surface area contributed by atoms with Crippen LogP contribution < -0.4 is 25.8 Å². The largest absolute Gasteiger partial charge is 0.488 e. The molecule has 0 spiro atoms. The molecule has 0 radical (unpaired) electrons. The molecule has 226 valence electrons. The third kappa shape index (κ3) is 6.28. The Labute approximate surface area is 256 Å². The van der Waals surface area contributed by atoms with E-state index in [4.69, 9.17) is 15.2 Å². The second kappa shape index (κ2) is 12.0. The zero-order chi connectivity index (χ0) is 31.6. The van der Waals surface area contributed by atoms with E-state index in [0.717, 1.165) is 11.6 Å². The predicted molar refractivity (Wildman–Crippen MR) is 163 cm³/mol. The molecule has 6 rings (SSSR count). The van der Waals surface area contributed by atoms with Gasteiger partial charge in [0.25, 0.3) is 5.91 Å². The molecule has 0 aliphatic heterocycles. The van der Waals surface area contributed by atoms with E-state index in [1.807, 2.05) is 30.3 Å². The van der Waals surface area contributed by atoms with Crippen LogP contribution in [0.15, 0.2) is 97.2 Å². The number of hydrogen-bond donors (Lipinski definition) is 3. The molecule has 0 bridgehead atoms. The quantitative estimate of drug-likeness (QED) is 0.159. The summed E-state index contributed by atoms with van der Waals surface area (Å²) in [5.41, 5.74) is 6.25. The number of halogens is 2. The minimum absolute atomic E-state index is 0.104. The van der Waals surface area contributed by atoms with Gasteiger partial charge in [-0.3, -0.25) is 19.4 Å². The summed E-state index contributed by atoms with van der Waals surface area (Å²) in [5.74, 6) is -2.76. The van der Waals surface area contributed by atoms with Gasteiger partial charge in [0.2, 0.25) is 11.8 Å². The van der Waals surface area contributed by atoms with Crippen molar-refractivity contribution in [2.24, 2.45) is 11.1 Å². The second-order valence-corrected chi connectivity index (χ2v) is 10.6. The number of hydrogen-bond acceptors (Lipinski definition) is 6.